The second kappa shape index (κ2) is 11.7. The molecule has 6 rings (SSSR count). The highest BCUT2D eigenvalue weighted by molar-refractivity contribution is 5.96. The highest BCUT2D eigenvalue weighted by Gasteiger charge is 2.32. The number of halogens is 2. The maximum Gasteiger partial charge on any atom is 0.356 e. The minimum absolute atomic E-state index is 0.0928. The number of ether oxygens (including phenoxy) is 1. The Bertz CT molecular complexity index is 1890. The van der Waals surface area contributed by atoms with E-state index < -0.39 is 29.7 Å². The number of carbonyl (C=O) groups is 2. The molecule has 4 aromatic rings. The molecule has 0 spiro atoms. The largest absolute Gasteiger partial charge is 0.507 e. The van der Waals surface area contributed by atoms with Crippen LogP contribution in [-0.2, 0) is 0 Å². The third-order valence-electron chi connectivity index (χ3n) is 7.73. The van der Waals surface area contributed by atoms with E-state index in [-0.39, 0.29) is 41.2 Å². The van der Waals surface area contributed by atoms with Crippen LogP contribution in [0.2, 0.25) is 0 Å². The molecule has 3 N–H and O–H groups in total. The van der Waals surface area contributed by atoms with Gasteiger partial charge in [-0.25, -0.2) is 28.3 Å². The molecule has 0 saturated heterocycles. The highest BCUT2D eigenvalue weighted by atomic mass is 19.1. The number of benzene rings is 2. The number of phenols is 1. The predicted octanol–water partition coefficient (Wildman–Crippen LogP) is 6.50. The summed E-state index contributed by atoms with van der Waals surface area (Å²) in [4.78, 5) is 35.7. The van der Waals surface area contributed by atoms with Crippen LogP contribution >= 0.6 is 0 Å². The van der Waals surface area contributed by atoms with Gasteiger partial charge in [0.05, 0.1) is 23.8 Å². The third kappa shape index (κ3) is 5.63. The standard InChI is InChI=1S/C33H25F2N3O6/c34-17-7-9-30(39)24(11-17)22-13-19(14-23(22)28-15-36-16-29(38-28)33(42)43)44-31-10-8-18(35)12-25(31)20-3-1-4-21(20)26-5-2-6-27(37-26)32(40)41/h2,5-12,15-16,19,39H,1,3-4,13-14H2,(H,40,41)(H,42,43). The molecule has 0 radical (unpaired) electrons. The predicted molar refractivity (Wildman–Crippen MR) is 156 cm³/mol. The van der Waals surface area contributed by atoms with Crippen LogP contribution in [0, 0.1) is 11.6 Å². The fraction of sp³-hybridized carbons (Fsp3) is 0.182. The second-order valence-electron chi connectivity index (χ2n) is 10.5. The molecule has 2 aromatic carbocycles. The summed E-state index contributed by atoms with van der Waals surface area (Å²) in [5.41, 5.74) is 3.76. The Morgan fingerprint density at radius 1 is 0.750 bits per heavy atom. The number of allylic oxidation sites excluding steroid dienone is 2. The average molecular weight is 598 g/mol. The zero-order valence-electron chi connectivity index (χ0n) is 23.1. The maximum atomic E-state index is 14.7. The van der Waals surface area contributed by atoms with E-state index in [2.05, 4.69) is 15.0 Å². The molecular weight excluding hydrogens is 572 g/mol. The smallest absolute Gasteiger partial charge is 0.356 e. The van der Waals surface area contributed by atoms with Crippen molar-refractivity contribution in [2.45, 2.75) is 38.2 Å². The van der Waals surface area contributed by atoms with Gasteiger partial charge in [0, 0.05) is 24.0 Å². The first-order valence-corrected chi connectivity index (χ1v) is 13.8. The van der Waals surface area contributed by atoms with E-state index in [1.807, 2.05) is 0 Å². The zero-order chi connectivity index (χ0) is 31.0. The molecule has 9 nitrogen and oxygen atoms in total. The molecule has 11 heteroatoms. The minimum atomic E-state index is -1.26. The first-order chi connectivity index (χ1) is 21.2. The molecule has 0 fully saturated rings. The number of pyridine rings is 1. The highest BCUT2D eigenvalue weighted by Crippen LogP contribution is 2.46. The summed E-state index contributed by atoms with van der Waals surface area (Å²) in [7, 11) is 0. The van der Waals surface area contributed by atoms with Gasteiger partial charge < -0.3 is 20.1 Å². The van der Waals surface area contributed by atoms with Crippen molar-refractivity contribution in [3.63, 3.8) is 0 Å². The zero-order valence-corrected chi connectivity index (χ0v) is 23.1. The van der Waals surface area contributed by atoms with E-state index in [0.29, 0.717) is 41.0 Å². The summed E-state index contributed by atoms with van der Waals surface area (Å²) in [6, 6.07) is 12.5. The normalized spacial score (nSPS) is 16.5. The molecular formula is C33H25F2N3O6. The average Bonchev–Trinajstić information content (AvgIpc) is 3.67. The van der Waals surface area contributed by atoms with Gasteiger partial charge in [-0.1, -0.05) is 6.07 Å². The van der Waals surface area contributed by atoms with Crippen LogP contribution in [-0.4, -0.2) is 48.3 Å². The number of aromatic nitrogens is 3. The van der Waals surface area contributed by atoms with E-state index in [0.717, 1.165) is 29.8 Å². The Morgan fingerprint density at radius 3 is 2.20 bits per heavy atom. The second-order valence-corrected chi connectivity index (χ2v) is 10.5. The van der Waals surface area contributed by atoms with Crippen molar-refractivity contribution in [1.29, 1.82) is 0 Å². The Morgan fingerprint density at radius 2 is 1.43 bits per heavy atom. The molecule has 0 aliphatic heterocycles. The number of aromatic carboxylic acids is 2. The Labute approximate surface area is 249 Å². The van der Waals surface area contributed by atoms with Gasteiger partial charge in [-0.15, -0.1) is 0 Å². The Hall–Kier alpha value is -5.45. The molecule has 0 bridgehead atoms. The van der Waals surface area contributed by atoms with Crippen molar-refractivity contribution >= 4 is 34.2 Å². The lowest BCUT2D eigenvalue weighted by Gasteiger charge is -2.19. The van der Waals surface area contributed by atoms with E-state index >= 15 is 0 Å². The molecule has 2 heterocycles. The SMILES string of the molecule is O=C(O)c1cncc(C2=C(c3cc(F)ccc3O)CC(Oc3ccc(F)cc3C3=C(c4cccc(C(=O)O)n4)CCC3)C2)n1. The number of carboxylic acids is 2. The van der Waals surface area contributed by atoms with Crippen molar-refractivity contribution in [2.75, 3.05) is 0 Å². The Balaban J connectivity index is 1.39. The minimum Gasteiger partial charge on any atom is -0.507 e. The summed E-state index contributed by atoms with van der Waals surface area (Å²) in [5.74, 6) is -3.24. The van der Waals surface area contributed by atoms with Gasteiger partial charge in [0.2, 0.25) is 0 Å². The molecule has 2 aliphatic rings. The number of phenolic OH excluding ortho intramolecular Hbond substituents is 1. The third-order valence-corrected chi connectivity index (χ3v) is 7.73. The van der Waals surface area contributed by atoms with E-state index in [9.17, 15) is 33.7 Å². The Kier molecular flexibility index (Phi) is 7.60. The van der Waals surface area contributed by atoms with Crippen LogP contribution in [0.4, 0.5) is 8.78 Å². The van der Waals surface area contributed by atoms with Gasteiger partial charge in [-0.2, -0.15) is 0 Å². The lowest BCUT2D eigenvalue weighted by molar-refractivity contribution is 0.0679. The van der Waals surface area contributed by atoms with Gasteiger partial charge >= 0.3 is 11.9 Å². The molecule has 0 amide bonds. The summed E-state index contributed by atoms with van der Waals surface area (Å²) in [6.07, 6.45) is 4.35. The number of carboxylic acid groups (broad SMARTS) is 2. The van der Waals surface area contributed by atoms with Gasteiger partial charge in [0.25, 0.3) is 0 Å². The first kappa shape index (κ1) is 28.7. The van der Waals surface area contributed by atoms with Crippen LogP contribution in [0.5, 0.6) is 11.5 Å². The van der Waals surface area contributed by atoms with Crippen molar-refractivity contribution < 1.29 is 38.4 Å². The molecule has 44 heavy (non-hydrogen) atoms. The lowest BCUT2D eigenvalue weighted by atomic mass is 9.98. The molecule has 2 aliphatic carbocycles. The fourth-order valence-electron chi connectivity index (χ4n) is 5.82. The summed E-state index contributed by atoms with van der Waals surface area (Å²) >= 11 is 0. The summed E-state index contributed by atoms with van der Waals surface area (Å²) in [6.45, 7) is 0. The molecule has 2 aromatic heterocycles. The van der Waals surface area contributed by atoms with Crippen molar-refractivity contribution in [2.24, 2.45) is 0 Å². The monoisotopic (exact) mass is 597 g/mol. The maximum absolute atomic E-state index is 14.7. The van der Waals surface area contributed by atoms with Crippen molar-refractivity contribution in [3.05, 3.63) is 113 Å². The van der Waals surface area contributed by atoms with Crippen molar-refractivity contribution in [1.82, 2.24) is 15.0 Å². The van der Waals surface area contributed by atoms with E-state index in [4.69, 9.17) is 4.74 Å². The number of rotatable bonds is 8. The first-order valence-electron chi connectivity index (χ1n) is 13.8. The number of aromatic hydroxyl groups is 1. The van der Waals surface area contributed by atoms with Crippen LogP contribution in [0.25, 0.3) is 22.3 Å². The van der Waals surface area contributed by atoms with Crippen LogP contribution in [0.15, 0.2) is 67.0 Å². The summed E-state index contributed by atoms with van der Waals surface area (Å²) < 4.78 is 35.4. The fourth-order valence-corrected chi connectivity index (χ4v) is 5.82. The van der Waals surface area contributed by atoms with Crippen LogP contribution in [0.3, 0.4) is 0 Å². The van der Waals surface area contributed by atoms with Gasteiger partial charge in [0.1, 0.15) is 34.9 Å². The van der Waals surface area contributed by atoms with Crippen LogP contribution in [0.1, 0.15) is 75.6 Å². The molecule has 0 saturated carbocycles. The number of hydrogen-bond acceptors (Lipinski definition) is 7. The van der Waals surface area contributed by atoms with Crippen molar-refractivity contribution in [3.8, 4) is 11.5 Å². The van der Waals surface area contributed by atoms with Gasteiger partial charge in [-0.05, 0) is 90.1 Å². The quantitative estimate of drug-likeness (QED) is 0.207. The van der Waals surface area contributed by atoms with Gasteiger partial charge in [0.15, 0.2) is 5.69 Å². The molecule has 222 valence electrons. The van der Waals surface area contributed by atoms with E-state index in [1.165, 1.54) is 42.6 Å². The number of nitrogens with zero attached hydrogens (tertiary/aromatic N) is 3. The van der Waals surface area contributed by atoms with Gasteiger partial charge in [-0.3, -0.25) is 4.98 Å². The molecule has 1 atom stereocenters. The topological polar surface area (TPSA) is 143 Å². The van der Waals surface area contributed by atoms with E-state index in [1.54, 1.807) is 12.1 Å². The lowest BCUT2D eigenvalue weighted by Crippen LogP contribution is -2.14. The number of hydrogen-bond donors (Lipinski definition) is 3. The molecule has 1 unspecified atom stereocenters. The summed E-state index contributed by atoms with van der Waals surface area (Å²) in [5, 5.41) is 29.5. The van der Waals surface area contributed by atoms with Crippen LogP contribution < -0.4 is 4.74 Å².